The molecule has 2 N–H and O–H groups in total. The largest absolute Gasteiger partial charge is 0.471 e. The van der Waals surface area contributed by atoms with Crippen molar-refractivity contribution in [2.24, 2.45) is 7.05 Å². The molecule has 0 atom stereocenters. The van der Waals surface area contributed by atoms with Gasteiger partial charge in [-0.15, -0.1) is 0 Å². The number of benzene rings is 2. The predicted molar refractivity (Wildman–Crippen MR) is 131 cm³/mol. The average Bonchev–Trinajstić information content (AvgIpc) is 3.14. The van der Waals surface area contributed by atoms with Crippen LogP contribution in [0.25, 0.3) is 11.0 Å². The van der Waals surface area contributed by atoms with Crippen molar-refractivity contribution in [1.29, 1.82) is 0 Å². The topological polar surface area (TPSA) is 88.0 Å². The van der Waals surface area contributed by atoms with Crippen molar-refractivity contribution in [1.82, 2.24) is 24.6 Å². The highest BCUT2D eigenvalue weighted by atomic mass is 35.5. The number of hydrogen-bond donors (Lipinski definition) is 2. The molecular formula is C23H18Cl2F3N7O. The maximum atomic E-state index is 12.8. The van der Waals surface area contributed by atoms with E-state index in [4.69, 9.17) is 23.2 Å². The van der Waals surface area contributed by atoms with Gasteiger partial charge in [0.15, 0.2) is 11.5 Å². The smallest absolute Gasteiger partial charge is 0.336 e. The summed E-state index contributed by atoms with van der Waals surface area (Å²) in [6.07, 6.45) is -2.95. The summed E-state index contributed by atoms with van der Waals surface area (Å²) in [5, 5.41) is 12.3. The van der Waals surface area contributed by atoms with Gasteiger partial charge >= 0.3 is 12.1 Å². The molecule has 4 aromatic rings. The van der Waals surface area contributed by atoms with Gasteiger partial charge in [-0.3, -0.25) is 4.79 Å². The van der Waals surface area contributed by atoms with Gasteiger partial charge in [0.05, 0.1) is 21.1 Å². The number of halogens is 5. The first-order chi connectivity index (χ1) is 17.1. The van der Waals surface area contributed by atoms with Gasteiger partial charge < -0.3 is 15.5 Å². The zero-order valence-electron chi connectivity index (χ0n) is 18.7. The number of para-hydroxylation sites is 1. The zero-order chi connectivity index (χ0) is 25.6. The molecule has 1 amide bonds. The Labute approximate surface area is 213 Å². The van der Waals surface area contributed by atoms with E-state index in [1.54, 1.807) is 48.3 Å². The summed E-state index contributed by atoms with van der Waals surface area (Å²) in [6, 6.07) is 10.4. The predicted octanol–water partition coefficient (Wildman–Crippen LogP) is 5.60. The monoisotopic (exact) mass is 535 g/mol. The SMILES string of the molecule is Cn1nc(Nc2c(Cl)cccc2Cl)c2cnc(Nc3ccc4c(c3)CCN(C(=O)C(F)(F)F)C4)nc21. The zero-order valence-corrected chi connectivity index (χ0v) is 20.2. The Morgan fingerprint density at radius 3 is 2.56 bits per heavy atom. The van der Waals surface area contributed by atoms with Crippen molar-refractivity contribution in [2.45, 2.75) is 19.1 Å². The van der Waals surface area contributed by atoms with E-state index in [0.29, 0.717) is 56.2 Å². The van der Waals surface area contributed by atoms with Crippen LogP contribution in [0.15, 0.2) is 42.6 Å². The molecule has 186 valence electrons. The van der Waals surface area contributed by atoms with Crippen LogP contribution in [0.4, 0.5) is 36.3 Å². The Bertz CT molecular complexity index is 1470. The third-order valence-corrected chi connectivity index (χ3v) is 6.42. The lowest BCUT2D eigenvalue weighted by Crippen LogP contribution is -2.43. The summed E-state index contributed by atoms with van der Waals surface area (Å²) in [7, 11) is 1.74. The number of nitrogens with zero attached hydrogens (tertiary/aromatic N) is 5. The second kappa shape index (κ2) is 9.14. The van der Waals surface area contributed by atoms with Crippen LogP contribution in [0.5, 0.6) is 0 Å². The molecule has 0 fully saturated rings. The molecule has 0 saturated carbocycles. The molecule has 0 unspecified atom stereocenters. The summed E-state index contributed by atoms with van der Waals surface area (Å²) in [5.41, 5.74) is 3.27. The van der Waals surface area contributed by atoms with E-state index in [1.165, 1.54) is 0 Å². The van der Waals surface area contributed by atoms with Crippen LogP contribution in [0.1, 0.15) is 11.1 Å². The fourth-order valence-electron chi connectivity index (χ4n) is 4.04. The maximum absolute atomic E-state index is 12.8. The molecule has 5 rings (SSSR count). The normalized spacial score (nSPS) is 13.6. The molecular weight excluding hydrogens is 518 g/mol. The van der Waals surface area contributed by atoms with Gasteiger partial charge in [-0.2, -0.15) is 23.3 Å². The number of hydrogen-bond acceptors (Lipinski definition) is 6. The van der Waals surface area contributed by atoms with Crippen molar-refractivity contribution in [3.8, 4) is 0 Å². The van der Waals surface area contributed by atoms with E-state index in [9.17, 15) is 18.0 Å². The molecule has 0 spiro atoms. The highest BCUT2D eigenvalue weighted by Crippen LogP contribution is 2.34. The molecule has 0 radical (unpaired) electrons. The third kappa shape index (κ3) is 4.63. The number of anilines is 4. The minimum atomic E-state index is -4.88. The van der Waals surface area contributed by atoms with E-state index >= 15 is 0 Å². The third-order valence-electron chi connectivity index (χ3n) is 5.79. The highest BCUT2D eigenvalue weighted by Gasteiger charge is 2.43. The number of aryl methyl sites for hydroxylation is 1. The number of carbonyl (C=O) groups excluding carboxylic acids is 1. The van der Waals surface area contributed by atoms with Crippen LogP contribution in [-0.2, 0) is 24.8 Å². The lowest BCUT2D eigenvalue weighted by molar-refractivity contribution is -0.186. The fraction of sp³-hybridized carbons (Fsp3) is 0.217. The second-order valence-corrected chi connectivity index (χ2v) is 9.02. The Hall–Kier alpha value is -3.57. The van der Waals surface area contributed by atoms with Crippen LogP contribution < -0.4 is 10.6 Å². The lowest BCUT2D eigenvalue weighted by Gasteiger charge is -2.29. The van der Waals surface area contributed by atoms with Gasteiger partial charge in [0.1, 0.15) is 0 Å². The van der Waals surface area contributed by atoms with Crippen LogP contribution in [0, 0.1) is 0 Å². The number of amides is 1. The van der Waals surface area contributed by atoms with E-state index in [1.807, 2.05) is 6.07 Å². The molecule has 0 bridgehead atoms. The summed E-state index contributed by atoms with van der Waals surface area (Å²) < 4.78 is 39.9. The molecule has 0 aliphatic carbocycles. The van der Waals surface area contributed by atoms with Crippen LogP contribution in [-0.4, -0.2) is 43.3 Å². The summed E-state index contributed by atoms with van der Waals surface area (Å²) >= 11 is 12.5. The van der Waals surface area contributed by atoms with Gasteiger partial charge in [-0.25, -0.2) is 9.67 Å². The summed E-state index contributed by atoms with van der Waals surface area (Å²) in [5.74, 6) is -1.02. The number of aromatic nitrogens is 4. The average molecular weight is 536 g/mol. The van der Waals surface area contributed by atoms with Gasteiger partial charge in [-0.05, 0) is 41.8 Å². The van der Waals surface area contributed by atoms with E-state index in [0.717, 1.165) is 10.5 Å². The molecule has 1 aliphatic rings. The van der Waals surface area contributed by atoms with Crippen molar-refractivity contribution in [2.75, 3.05) is 17.2 Å². The van der Waals surface area contributed by atoms with Crippen molar-refractivity contribution in [3.05, 3.63) is 63.8 Å². The number of alkyl halides is 3. The van der Waals surface area contributed by atoms with E-state index < -0.39 is 12.1 Å². The van der Waals surface area contributed by atoms with Gasteiger partial charge in [-0.1, -0.05) is 35.3 Å². The van der Waals surface area contributed by atoms with Gasteiger partial charge in [0.25, 0.3) is 0 Å². The number of nitrogens with one attached hydrogen (secondary N) is 2. The van der Waals surface area contributed by atoms with Crippen LogP contribution >= 0.6 is 23.2 Å². The Morgan fingerprint density at radius 2 is 1.83 bits per heavy atom. The number of carbonyl (C=O) groups is 1. The minimum Gasteiger partial charge on any atom is -0.336 e. The molecule has 2 aromatic heterocycles. The first kappa shape index (κ1) is 24.1. The first-order valence-corrected chi connectivity index (χ1v) is 11.5. The lowest BCUT2D eigenvalue weighted by atomic mass is 9.99. The Kier molecular flexibility index (Phi) is 6.13. The highest BCUT2D eigenvalue weighted by molar-refractivity contribution is 6.39. The number of fused-ring (bicyclic) bond motifs is 2. The maximum Gasteiger partial charge on any atom is 0.471 e. The molecule has 13 heteroatoms. The molecule has 3 heterocycles. The Morgan fingerprint density at radius 1 is 1.08 bits per heavy atom. The summed E-state index contributed by atoms with van der Waals surface area (Å²) in [4.78, 5) is 21.3. The van der Waals surface area contributed by atoms with Crippen LogP contribution in [0.2, 0.25) is 10.0 Å². The van der Waals surface area contributed by atoms with Crippen LogP contribution in [0.3, 0.4) is 0 Å². The standard InChI is InChI=1S/C23H18Cl2F3N7O/c1-34-20-15(19(33-34)31-18-16(24)3-2-4-17(18)25)10-29-22(32-20)30-14-6-5-13-11-35(8-7-12(13)9-14)21(36)23(26,27)28/h2-6,9-10H,7-8,11H2,1H3,(H,31,33)(H,29,30,32). The molecule has 0 saturated heterocycles. The first-order valence-electron chi connectivity index (χ1n) is 10.8. The van der Waals surface area contributed by atoms with Gasteiger partial charge in [0, 0.05) is 32.0 Å². The fourth-order valence-corrected chi connectivity index (χ4v) is 4.53. The van der Waals surface area contributed by atoms with E-state index in [2.05, 4.69) is 25.7 Å². The molecule has 1 aliphatic heterocycles. The minimum absolute atomic E-state index is 0.00248. The van der Waals surface area contributed by atoms with Crippen molar-refractivity contribution < 1.29 is 18.0 Å². The molecule has 36 heavy (non-hydrogen) atoms. The molecule has 2 aromatic carbocycles. The van der Waals surface area contributed by atoms with E-state index in [-0.39, 0.29) is 13.1 Å². The molecule has 8 nitrogen and oxygen atoms in total. The van der Waals surface area contributed by atoms with Crippen molar-refractivity contribution >= 4 is 63.3 Å². The summed E-state index contributed by atoms with van der Waals surface area (Å²) in [6.45, 7) is -0.0891. The quantitative estimate of drug-likeness (QED) is 0.353. The van der Waals surface area contributed by atoms with Crippen molar-refractivity contribution in [3.63, 3.8) is 0 Å². The number of rotatable bonds is 4. The Balaban J connectivity index is 1.36. The second-order valence-electron chi connectivity index (χ2n) is 8.21. The van der Waals surface area contributed by atoms with Gasteiger partial charge in [0.2, 0.25) is 5.95 Å².